The van der Waals surface area contributed by atoms with Crippen LogP contribution in [0.2, 0.25) is 0 Å². The van der Waals surface area contributed by atoms with Crippen molar-refractivity contribution in [2.75, 3.05) is 24.5 Å². The molecule has 0 aromatic heterocycles. The highest BCUT2D eigenvalue weighted by atomic mass is 15.2. The van der Waals surface area contributed by atoms with Crippen LogP contribution in [-0.4, -0.2) is 19.6 Å². The first-order valence-corrected chi connectivity index (χ1v) is 6.29. The number of nitrogens with zero attached hydrogens (tertiary/aromatic N) is 1. The van der Waals surface area contributed by atoms with Crippen LogP contribution >= 0.6 is 0 Å². The summed E-state index contributed by atoms with van der Waals surface area (Å²) in [5, 5.41) is 0. The van der Waals surface area contributed by atoms with Gasteiger partial charge in [0.05, 0.1) is 0 Å². The van der Waals surface area contributed by atoms with Crippen LogP contribution < -0.4 is 10.6 Å². The molecule has 1 fully saturated rings. The highest BCUT2D eigenvalue weighted by molar-refractivity contribution is 5.56. The number of hydrogen-bond acceptors (Lipinski definition) is 2. The standard InChI is InChI=1S/C14H22N2/c1-3-13-5-4-11(2)8-14(13)16-7-6-12(9-15)10-16/h4-5,8,12H,3,6-7,9-10,15H2,1-2H3. The van der Waals surface area contributed by atoms with E-state index < -0.39 is 0 Å². The van der Waals surface area contributed by atoms with Crippen LogP contribution in [0.15, 0.2) is 18.2 Å². The molecule has 2 rings (SSSR count). The molecule has 1 aromatic carbocycles. The average molecular weight is 218 g/mol. The number of anilines is 1. The second-order valence-corrected chi connectivity index (χ2v) is 4.82. The molecule has 88 valence electrons. The largest absolute Gasteiger partial charge is 0.371 e. The molecule has 16 heavy (non-hydrogen) atoms. The molecule has 0 saturated carbocycles. The lowest BCUT2D eigenvalue weighted by molar-refractivity contribution is 0.602. The fourth-order valence-corrected chi connectivity index (χ4v) is 2.51. The van der Waals surface area contributed by atoms with E-state index >= 15 is 0 Å². The van der Waals surface area contributed by atoms with Crippen molar-refractivity contribution in [1.82, 2.24) is 0 Å². The normalized spacial score (nSPS) is 20.4. The molecular weight excluding hydrogens is 196 g/mol. The van der Waals surface area contributed by atoms with E-state index in [9.17, 15) is 0 Å². The molecule has 0 radical (unpaired) electrons. The van der Waals surface area contributed by atoms with Gasteiger partial charge in [0.25, 0.3) is 0 Å². The van der Waals surface area contributed by atoms with Gasteiger partial charge in [0.2, 0.25) is 0 Å². The first kappa shape index (κ1) is 11.5. The van der Waals surface area contributed by atoms with Gasteiger partial charge in [-0.25, -0.2) is 0 Å². The maximum absolute atomic E-state index is 5.75. The topological polar surface area (TPSA) is 29.3 Å². The van der Waals surface area contributed by atoms with Crippen LogP contribution in [0.1, 0.15) is 24.5 Å². The quantitative estimate of drug-likeness (QED) is 0.843. The molecular formula is C14H22N2. The van der Waals surface area contributed by atoms with Crippen LogP contribution in [0.4, 0.5) is 5.69 Å². The van der Waals surface area contributed by atoms with E-state index in [0.717, 1.165) is 19.5 Å². The van der Waals surface area contributed by atoms with E-state index in [1.807, 2.05) is 0 Å². The Kier molecular flexibility index (Phi) is 3.49. The third-order valence-corrected chi connectivity index (χ3v) is 3.58. The Morgan fingerprint density at radius 3 is 2.88 bits per heavy atom. The lowest BCUT2D eigenvalue weighted by Crippen LogP contribution is -2.23. The van der Waals surface area contributed by atoms with Gasteiger partial charge in [-0.05, 0) is 49.4 Å². The van der Waals surface area contributed by atoms with Crippen molar-refractivity contribution in [3.8, 4) is 0 Å². The van der Waals surface area contributed by atoms with Crippen LogP contribution in [0.25, 0.3) is 0 Å². The number of nitrogens with two attached hydrogens (primary N) is 1. The Labute approximate surface area is 98.4 Å². The molecule has 0 amide bonds. The number of rotatable bonds is 3. The summed E-state index contributed by atoms with van der Waals surface area (Å²) in [5.74, 6) is 0.685. The smallest absolute Gasteiger partial charge is 0.0401 e. The third kappa shape index (κ3) is 2.22. The summed E-state index contributed by atoms with van der Waals surface area (Å²) in [7, 11) is 0. The van der Waals surface area contributed by atoms with Gasteiger partial charge in [-0.15, -0.1) is 0 Å². The first-order valence-electron chi connectivity index (χ1n) is 6.29. The average Bonchev–Trinajstić information content (AvgIpc) is 2.77. The van der Waals surface area contributed by atoms with Gasteiger partial charge >= 0.3 is 0 Å². The zero-order chi connectivity index (χ0) is 11.5. The van der Waals surface area contributed by atoms with E-state index in [1.165, 1.54) is 29.8 Å². The molecule has 1 atom stereocenters. The second kappa shape index (κ2) is 4.88. The second-order valence-electron chi connectivity index (χ2n) is 4.82. The maximum atomic E-state index is 5.75. The summed E-state index contributed by atoms with van der Waals surface area (Å²) in [6.07, 6.45) is 2.35. The van der Waals surface area contributed by atoms with Gasteiger partial charge in [0.1, 0.15) is 0 Å². The first-order chi connectivity index (χ1) is 7.74. The van der Waals surface area contributed by atoms with Gasteiger partial charge in [-0.3, -0.25) is 0 Å². The number of hydrogen-bond donors (Lipinski definition) is 1. The molecule has 1 aliphatic rings. The van der Waals surface area contributed by atoms with Gasteiger partial charge < -0.3 is 10.6 Å². The van der Waals surface area contributed by atoms with Crippen molar-refractivity contribution in [3.63, 3.8) is 0 Å². The maximum Gasteiger partial charge on any atom is 0.0401 e. The lowest BCUT2D eigenvalue weighted by atomic mass is 10.1. The number of benzene rings is 1. The molecule has 1 aromatic rings. The van der Waals surface area contributed by atoms with Crippen LogP contribution in [-0.2, 0) is 6.42 Å². The van der Waals surface area contributed by atoms with Crippen LogP contribution in [0.3, 0.4) is 0 Å². The number of aryl methyl sites for hydroxylation is 2. The molecule has 1 aliphatic heterocycles. The van der Waals surface area contributed by atoms with Crippen molar-refractivity contribution < 1.29 is 0 Å². The van der Waals surface area contributed by atoms with E-state index in [2.05, 4.69) is 36.9 Å². The van der Waals surface area contributed by atoms with Gasteiger partial charge in [0.15, 0.2) is 0 Å². The Bertz CT molecular complexity index is 360. The Morgan fingerprint density at radius 1 is 1.44 bits per heavy atom. The summed E-state index contributed by atoms with van der Waals surface area (Å²) >= 11 is 0. The molecule has 2 heteroatoms. The lowest BCUT2D eigenvalue weighted by Gasteiger charge is -2.22. The summed E-state index contributed by atoms with van der Waals surface area (Å²) in [5.41, 5.74) is 9.99. The minimum absolute atomic E-state index is 0.685. The monoisotopic (exact) mass is 218 g/mol. The van der Waals surface area contributed by atoms with E-state index in [0.29, 0.717) is 5.92 Å². The van der Waals surface area contributed by atoms with E-state index in [4.69, 9.17) is 5.73 Å². The minimum Gasteiger partial charge on any atom is -0.371 e. The molecule has 1 unspecified atom stereocenters. The minimum atomic E-state index is 0.685. The van der Waals surface area contributed by atoms with Crippen molar-refractivity contribution in [2.45, 2.75) is 26.7 Å². The van der Waals surface area contributed by atoms with Crippen molar-refractivity contribution in [2.24, 2.45) is 11.7 Å². The predicted octanol–water partition coefficient (Wildman–Crippen LogP) is 2.34. The zero-order valence-corrected chi connectivity index (χ0v) is 10.4. The summed E-state index contributed by atoms with van der Waals surface area (Å²) < 4.78 is 0. The molecule has 2 nitrogen and oxygen atoms in total. The van der Waals surface area contributed by atoms with E-state index in [-0.39, 0.29) is 0 Å². The van der Waals surface area contributed by atoms with Crippen LogP contribution in [0.5, 0.6) is 0 Å². The van der Waals surface area contributed by atoms with Gasteiger partial charge in [0, 0.05) is 18.8 Å². The Morgan fingerprint density at radius 2 is 2.25 bits per heavy atom. The predicted molar refractivity (Wildman–Crippen MR) is 69.9 cm³/mol. The fraction of sp³-hybridized carbons (Fsp3) is 0.571. The SMILES string of the molecule is CCc1ccc(C)cc1N1CCC(CN)C1. The zero-order valence-electron chi connectivity index (χ0n) is 10.4. The summed E-state index contributed by atoms with van der Waals surface area (Å²) in [6, 6.07) is 6.79. The van der Waals surface area contributed by atoms with Crippen LogP contribution in [0, 0.1) is 12.8 Å². The third-order valence-electron chi connectivity index (χ3n) is 3.58. The Balaban J connectivity index is 2.22. The molecule has 0 bridgehead atoms. The summed E-state index contributed by atoms with van der Waals surface area (Å²) in [6.45, 7) is 7.51. The highest BCUT2D eigenvalue weighted by Crippen LogP contribution is 2.28. The van der Waals surface area contributed by atoms with Crippen molar-refractivity contribution in [3.05, 3.63) is 29.3 Å². The fourth-order valence-electron chi connectivity index (χ4n) is 2.51. The van der Waals surface area contributed by atoms with Crippen molar-refractivity contribution >= 4 is 5.69 Å². The van der Waals surface area contributed by atoms with Gasteiger partial charge in [-0.1, -0.05) is 19.1 Å². The van der Waals surface area contributed by atoms with Gasteiger partial charge in [-0.2, -0.15) is 0 Å². The molecule has 1 saturated heterocycles. The molecule has 0 aliphatic carbocycles. The van der Waals surface area contributed by atoms with Crippen molar-refractivity contribution in [1.29, 1.82) is 0 Å². The molecule has 0 spiro atoms. The molecule has 1 heterocycles. The van der Waals surface area contributed by atoms with E-state index in [1.54, 1.807) is 0 Å². The molecule has 2 N–H and O–H groups in total. The highest BCUT2D eigenvalue weighted by Gasteiger charge is 2.22. The Hall–Kier alpha value is -1.02. The summed E-state index contributed by atoms with van der Waals surface area (Å²) in [4.78, 5) is 2.50.